The van der Waals surface area contributed by atoms with Gasteiger partial charge in [0.1, 0.15) is 5.76 Å². The molecule has 0 spiro atoms. The summed E-state index contributed by atoms with van der Waals surface area (Å²) in [5, 5.41) is 3.48. The number of hydrogen-bond acceptors (Lipinski definition) is 3. The van der Waals surface area contributed by atoms with E-state index in [2.05, 4.69) is 32.3 Å². The molecular formula is C13H13BrN2O. The molecule has 4 heteroatoms. The maximum Gasteiger partial charge on any atom is 0.149 e. The molecule has 2 aromatic heterocycles. The fourth-order valence-electron chi connectivity index (χ4n) is 1.76. The van der Waals surface area contributed by atoms with Crippen molar-refractivity contribution in [3.8, 4) is 11.3 Å². The summed E-state index contributed by atoms with van der Waals surface area (Å²) in [4.78, 5) is 4.26. The zero-order chi connectivity index (χ0) is 11.7. The molecule has 0 atom stereocenters. The van der Waals surface area contributed by atoms with E-state index in [1.807, 2.05) is 18.5 Å². The first kappa shape index (κ1) is 11.0. The van der Waals surface area contributed by atoms with Crippen LogP contribution in [0.3, 0.4) is 0 Å². The molecule has 0 amide bonds. The molecule has 2 heterocycles. The van der Waals surface area contributed by atoms with Crippen molar-refractivity contribution in [3.05, 3.63) is 40.8 Å². The van der Waals surface area contributed by atoms with Crippen LogP contribution in [0.1, 0.15) is 18.4 Å². The molecule has 2 aromatic rings. The number of halogens is 1. The van der Waals surface area contributed by atoms with Gasteiger partial charge in [-0.2, -0.15) is 0 Å². The third-order valence-electron chi connectivity index (χ3n) is 2.85. The van der Waals surface area contributed by atoms with E-state index in [0.717, 1.165) is 22.3 Å². The lowest BCUT2D eigenvalue weighted by Gasteiger charge is -2.04. The molecule has 1 saturated carbocycles. The summed E-state index contributed by atoms with van der Waals surface area (Å²) >= 11 is 3.46. The number of rotatable bonds is 4. The number of hydrogen-bond donors (Lipinski definition) is 1. The van der Waals surface area contributed by atoms with Gasteiger partial charge >= 0.3 is 0 Å². The first-order valence-corrected chi connectivity index (χ1v) is 6.53. The number of furan rings is 1. The van der Waals surface area contributed by atoms with Gasteiger partial charge in [-0.05, 0) is 46.5 Å². The van der Waals surface area contributed by atoms with Crippen molar-refractivity contribution < 1.29 is 4.42 Å². The highest BCUT2D eigenvalue weighted by Gasteiger charge is 2.20. The average molecular weight is 293 g/mol. The minimum atomic E-state index is 0.717. The molecule has 1 N–H and O–H groups in total. The minimum absolute atomic E-state index is 0.717. The number of nitrogens with one attached hydrogen (secondary N) is 1. The van der Waals surface area contributed by atoms with E-state index in [1.165, 1.54) is 18.4 Å². The molecule has 3 rings (SSSR count). The normalized spacial score (nSPS) is 15.1. The third kappa shape index (κ3) is 2.58. The predicted molar refractivity (Wildman–Crippen MR) is 69.5 cm³/mol. The highest BCUT2D eigenvalue weighted by atomic mass is 79.9. The van der Waals surface area contributed by atoms with Crippen molar-refractivity contribution in [2.75, 3.05) is 0 Å². The van der Waals surface area contributed by atoms with Crippen LogP contribution in [0, 0.1) is 0 Å². The largest absolute Gasteiger partial charge is 0.463 e. The zero-order valence-electron chi connectivity index (χ0n) is 9.32. The van der Waals surface area contributed by atoms with Crippen LogP contribution in [0.15, 0.2) is 39.7 Å². The van der Waals surface area contributed by atoms with Crippen molar-refractivity contribution in [1.29, 1.82) is 0 Å². The van der Waals surface area contributed by atoms with Crippen LogP contribution in [0.5, 0.6) is 0 Å². The molecular weight excluding hydrogens is 280 g/mol. The Morgan fingerprint density at radius 2 is 2.29 bits per heavy atom. The van der Waals surface area contributed by atoms with E-state index < -0.39 is 0 Å². The summed E-state index contributed by atoms with van der Waals surface area (Å²) in [6.07, 6.45) is 8.00. The number of aromatic nitrogens is 1. The van der Waals surface area contributed by atoms with Gasteiger partial charge in [0.15, 0.2) is 0 Å². The van der Waals surface area contributed by atoms with E-state index in [1.54, 1.807) is 6.26 Å². The first-order valence-electron chi connectivity index (χ1n) is 5.73. The lowest BCUT2D eigenvalue weighted by Crippen LogP contribution is -2.15. The van der Waals surface area contributed by atoms with Crippen molar-refractivity contribution in [2.45, 2.75) is 25.4 Å². The molecule has 0 aromatic carbocycles. The highest BCUT2D eigenvalue weighted by molar-refractivity contribution is 9.10. The van der Waals surface area contributed by atoms with Gasteiger partial charge in [0, 0.05) is 30.5 Å². The third-order valence-corrected chi connectivity index (χ3v) is 3.47. The first-order chi connectivity index (χ1) is 8.33. The number of nitrogens with zero attached hydrogens (tertiary/aromatic N) is 1. The molecule has 1 aliphatic carbocycles. The van der Waals surface area contributed by atoms with Crippen molar-refractivity contribution >= 4 is 15.9 Å². The van der Waals surface area contributed by atoms with Crippen molar-refractivity contribution in [1.82, 2.24) is 10.3 Å². The molecule has 3 nitrogen and oxygen atoms in total. The summed E-state index contributed by atoms with van der Waals surface area (Å²) in [5.74, 6) is 0.839. The predicted octanol–water partition coefficient (Wildman–Crippen LogP) is 3.36. The number of pyridine rings is 1. The fraction of sp³-hybridized carbons (Fsp3) is 0.308. The van der Waals surface area contributed by atoms with Crippen LogP contribution in [-0.4, -0.2) is 11.0 Å². The second kappa shape index (κ2) is 4.63. The van der Waals surface area contributed by atoms with Gasteiger partial charge in [0.2, 0.25) is 0 Å². The van der Waals surface area contributed by atoms with Crippen molar-refractivity contribution in [2.24, 2.45) is 0 Å². The summed E-state index contributed by atoms with van der Waals surface area (Å²) in [6.45, 7) is 0.879. The fourth-order valence-corrected chi connectivity index (χ4v) is 2.19. The van der Waals surface area contributed by atoms with E-state index in [0.29, 0.717) is 6.04 Å². The molecule has 0 bridgehead atoms. The van der Waals surface area contributed by atoms with E-state index >= 15 is 0 Å². The summed E-state index contributed by atoms with van der Waals surface area (Å²) < 4.78 is 6.40. The Morgan fingerprint density at radius 1 is 1.41 bits per heavy atom. The van der Waals surface area contributed by atoms with Crippen LogP contribution in [0.25, 0.3) is 11.3 Å². The van der Waals surface area contributed by atoms with Gasteiger partial charge in [0.05, 0.1) is 10.7 Å². The zero-order valence-corrected chi connectivity index (χ0v) is 10.9. The lowest BCUT2D eigenvalue weighted by molar-refractivity contribution is 0.580. The summed E-state index contributed by atoms with van der Waals surface area (Å²) in [7, 11) is 0. The van der Waals surface area contributed by atoms with Gasteiger partial charge in [-0.15, -0.1) is 0 Å². The molecule has 0 radical (unpaired) electrons. The Balaban J connectivity index is 1.80. The van der Waals surface area contributed by atoms with Crippen molar-refractivity contribution in [3.63, 3.8) is 0 Å². The Labute approximate surface area is 108 Å². The topological polar surface area (TPSA) is 38.1 Å². The maximum atomic E-state index is 5.44. The lowest BCUT2D eigenvalue weighted by atomic mass is 10.1. The molecule has 17 heavy (non-hydrogen) atoms. The Kier molecular flexibility index (Phi) is 2.99. The van der Waals surface area contributed by atoms with Crippen LogP contribution >= 0.6 is 15.9 Å². The smallest absolute Gasteiger partial charge is 0.149 e. The van der Waals surface area contributed by atoms with E-state index in [4.69, 9.17) is 4.42 Å². The van der Waals surface area contributed by atoms with Crippen LogP contribution in [-0.2, 0) is 6.54 Å². The second-order valence-electron chi connectivity index (χ2n) is 4.33. The van der Waals surface area contributed by atoms with Gasteiger partial charge < -0.3 is 9.73 Å². The SMILES string of the molecule is Brc1ccoc1-c1cncc(CNC2CC2)c1. The van der Waals surface area contributed by atoms with Gasteiger partial charge in [-0.25, -0.2) is 0 Å². The standard InChI is InChI=1S/C13H13BrN2O/c14-12-3-4-17-13(12)10-5-9(6-15-8-10)7-16-11-1-2-11/h3-6,8,11,16H,1-2,7H2. The Morgan fingerprint density at radius 3 is 3.00 bits per heavy atom. The minimum Gasteiger partial charge on any atom is -0.463 e. The monoisotopic (exact) mass is 292 g/mol. The quantitative estimate of drug-likeness (QED) is 0.939. The van der Waals surface area contributed by atoms with E-state index in [-0.39, 0.29) is 0 Å². The highest BCUT2D eigenvalue weighted by Crippen LogP contribution is 2.29. The van der Waals surface area contributed by atoms with E-state index in [9.17, 15) is 0 Å². The molecule has 0 saturated heterocycles. The van der Waals surface area contributed by atoms with Crippen LogP contribution < -0.4 is 5.32 Å². The van der Waals surface area contributed by atoms with Crippen LogP contribution in [0.2, 0.25) is 0 Å². The second-order valence-corrected chi connectivity index (χ2v) is 5.19. The molecule has 1 aliphatic rings. The Bertz CT molecular complexity index is 520. The van der Waals surface area contributed by atoms with Crippen LogP contribution in [0.4, 0.5) is 0 Å². The Hall–Kier alpha value is -1.13. The van der Waals surface area contributed by atoms with Gasteiger partial charge in [-0.3, -0.25) is 4.98 Å². The molecule has 1 fully saturated rings. The molecule has 0 aliphatic heterocycles. The van der Waals surface area contributed by atoms with Gasteiger partial charge in [-0.1, -0.05) is 0 Å². The maximum absolute atomic E-state index is 5.44. The summed E-state index contributed by atoms with van der Waals surface area (Å²) in [6, 6.07) is 4.73. The van der Waals surface area contributed by atoms with Gasteiger partial charge in [0.25, 0.3) is 0 Å². The molecule has 0 unspecified atom stereocenters. The molecule has 88 valence electrons. The average Bonchev–Trinajstić information content (AvgIpc) is 3.08. The summed E-state index contributed by atoms with van der Waals surface area (Å²) in [5.41, 5.74) is 2.20.